The van der Waals surface area contributed by atoms with Gasteiger partial charge in [-0.3, -0.25) is 0 Å². The number of benzene rings is 2. The van der Waals surface area contributed by atoms with Crippen molar-refractivity contribution in [2.24, 2.45) is 10.2 Å². The van der Waals surface area contributed by atoms with Gasteiger partial charge >= 0.3 is 0 Å². The van der Waals surface area contributed by atoms with Gasteiger partial charge in [0, 0.05) is 9.86 Å². The van der Waals surface area contributed by atoms with Gasteiger partial charge in [0.1, 0.15) is 0 Å². The molecule has 2 aromatic carbocycles. The Kier molecular flexibility index (Phi) is 3.64. The molecule has 0 amide bonds. The Morgan fingerprint density at radius 1 is 1.14 bits per heavy atom. The van der Waals surface area contributed by atoms with E-state index in [9.17, 15) is 15.0 Å². The minimum absolute atomic E-state index is 0.0674. The normalized spacial score (nSPS) is 11.3. The molecule has 0 saturated carbocycles. The molecule has 7 heteroatoms. The van der Waals surface area contributed by atoms with E-state index in [2.05, 4.69) is 31.1 Å². The van der Waals surface area contributed by atoms with E-state index in [1.807, 2.05) is 18.2 Å². The van der Waals surface area contributed by atoms with Gasteiger partial charge in [-0.25, -0.2) is 0 Å². The van der Waals surface area contributed by atoms with E-state index >= 15 is 0 Å². The Labute approximate surface area is 133 Å². The number of hydrogen-bond donors (Lipinski definition) is 2. The van der Waals surface area contributed by atoms with Crippen molar-refractivity contribution >= 4 is 44.2 Å². The molecular weight excluding hydrogens is 350 g/mol. The first-order valence-corrected chi connectivity index (χ1v) is 7.08. The predicted molar refractivity (Wildman–Crippen MR) is 82.6 cm³/mol. The number of rotatable bonds is 3. The van der Waals surface area contributed by atoms with Crippen molar-refractivity contribution in [3.8, 4) is 5.88 Å². The van der Waals surface area contributed by atoms with Gasteiger partial charge in [-0.1, -0.05) is 24.3 Å². The van der Waals surface area contributed by atoms with Crippen molar-refractivity contribution in [3.05, 3.63) is 52.5 Å². The SMILES string of the molecule is O=C([O-])c1ccc(N=Nc2c(O)[nH]c3c(Br)cccc23)cc1. The van der Waals surface area contributed by atoms with Crippen LogP contribution in [0.1, 0.15) is 10.4 Å². The van der Waals surface area contributed by atoms with E-state index in [-0.39, 0.29) is 11.4 Å². The predicted octanol–water partition coefficient (Wildman–Crippen LogP) is 3.41. The van der Waals surface area contributed by atoms with Crippen molar-refractivity contribution in [2.45, 2.75) is 0 Å². The van der Waals surface area contributed by atoms with Crippen molar-refractivity contribution in [2.75, 3.05) is 0 Å². The van der Waals surface area contributed by atoms with Crippen LogP contribution in [0.3, 0.4) is 0 Å². The van der Waals surface area contributed by atoms with Gasteiger partial charge in [0.25, 0.3) is 0 Å². The molecule has 6 nitrogen and oxygen atoms in total. The van der Waals surface area contributed by atoms with Gasteiger partial charge in [0.05, 0.1) is 17.2 Å². The van der Waals surface area contributed by atoms with Crippen molar-refractivity contribution in [1.29, 1.82) is 0 Å². The molecule has 0 atom stereocenters. The molecule has 0 saturated heterocycles. The molecule has 1 heterocycles. The highest BCUT2D eigenvalue weighted by molar-refractivity contribution is 9.10. The van der Waals surface area contributed by atoms with Crippen LogP contribution in [0.4, 0.5) is 11.4 Å². The number of nitrogens with one attached hydrogen (secondary N) is 1. The fourth-order valence-electron chi connectivity index (χ4n) is 2.03. The number of nitrogens with zero attached hydrogens (tertiary/aromatic N) is 2. The Morgan fingerprint density at radius 2 is 1.86 bits per heavy atom. The summed E-state index contributed by atoms with van der Waals surface area (Å²) in [5.74, 6) is -1.33. The number of carbonyl (C=O) groups is 1. The number of carbonyl (C=O) groups excluding carboxylic acids is 1. The van der Waals surface area contributed by atoms with Crippen LogP contribution >= 0.6 is 15.9 Å². The van der Waals surface area contributed by atoms with Gasteiger partial charge in [0.15, 0.2) is 5.69 Å². The van der Waals surface area contributed by atoms with E-state index in [0.717, 1.165) is 15.4 Å². The first-order chi connectivity index (χ1) is 10.6. The van der Waals surface area contributed by atoms with E-state index in [1.54, 1.807) is 0 Å². The van der Waals surface area contributed by atoms with Crippen LogP contribution in [0.15, 0.2) is 57.2 Å². The van der Waals surface area contributed by atoms with Crippen LogP contribution in [-0.2, 0) is 0 Å². The highest BCUT2D eigenvalue weighted by Gasteiger charge is 2.11. The number of carboxylic acids is 1. The highest BCUT2D eigenvalue weighted by Crippen LogP contribution is 2.38. The molecule has 0 aliphatic heterocycles. The van der Waals surface area contributed by atoms with Gasteiger partial charge < -0.3 is 20.0 Å². The second-order valence-electron chi connectivity index (χ2n) is 4.52. The van der Waals surface area contributed by atoms with Crippen LogP contribution < -0.4 is 5.11 Å². The topological polar surface area (TPSA) is 101 Å². The molecule has 0 unspecified atom stereocenters. The number of hydrogen-bond acceptors (Lipinski definition) is 5. The van der Waals surface area contributed by atoms with E-state index in [4.69, 9.17) is 0 Å². The van der Waals surface area contributed by atoms with Crippen LogP contribution in [0, 0.1) is 0 Å². The van der Waals surface area contributed by atoms with Crippen molar-refractivity contribution in [1.82, 2.24) is 4.98 Å². The van der Waals surface area contributed by atoms with Gasteiger partial charge in [-0.15, -0.1) is 5.11 Å². The maximum atomic E-state index is 10.7. The Morgan fingerprint density at radius 3 is 2.55 bits per heavy atom. The summed E-state index contributed by atoms with van der Waals surface area (Å²) in [4.78, 5) is 13.5. The lowest BCUT2D eigenvalue weighted by Crippen LogP contribution is -2.21. The number of aromatic amines is 1. The number of fused-ring (bicyclic) bond motifs is 1. The molecule has 3 aromatic rings. The van der Waals surface area contributed by atoms with E-state index < -0.39 is 5.97 Å². The molecule has 0 bridgehead atoms. The van der Waals surface area contributed by atoms with Crippen molar-refractivity contribution in [3.63, 3.8) is 0 Å². The molecule has 0 aliphatic rings. The number of carboxylic acid groups (broad SMARTS) is 1. The molecule has 0 radical (unpaired) electrons. The maximum Gasteiger partial charge on any atom is 0.218 e. The first kappa shape index (κ1) is 14.3. The summed E-state index contributed by atoms with van der Waals surface area (Å²) in [6, 6.07) is 11.3. The fraction of sp³-hybridized carbons (Fsp3) is 0. The number of aromatic hydroxyl groups is 1. The lowest BCUT2D eigenvalue weighted by atomic mass is 10.2. The number of para-hydroxylation sites is 1. The molecule has 1 aromatic heterocycles. The summed E-state index contributed by atoms with van der Waals surface area (Å²) < 4.78 is 0.806. The summed E-state index contributed by atoms with van der Waals surface area (Å²) >= 11 is 3.39. The molecule has 0 spiro atoms. The zero-order chi connectivity index (χ0) is 15.7. The number of azo groups is 1. The first-order valence-electron chi connectivity index (χ1n) is 6.28. The minimum Gasteiger partial charge on any atom is -0.545 e. The number of H-pyrrole nitrogens is 1. The lowest BCUT2D eigenvalue weighted by molar-refractivity contribution is -0.255. The van der Waals surface area contributed by atoms with Crippen LogP contribution in [-0.4, -0.2) is 16.1 Å². The number of halogens is 1. The number of aromatic nitrogens is 1. The largest absolute Gasteiger partial charge is 0.545 e. The van der Waals surface area contributed by atoms with Crippen LogP contribution in [0.2, 0.25) is 0 Å². The zero-order valence-electron chi connectivity index (χ0n) is 11.1. The molecule has 3 rings (SSSR count). The fourth-order valence-corrected chi connectivity index (χ4v) is 2.49. The van der Waals surface area contributed by atoms with Gasteiger partial charge in [-0.2, -0.15) is 5.11 Å². The van der Waals surface area contributed by atoms with Crippen LogP contribution in [0.5, 0.6) is 5.88 Å². The quantitative estimate of drug-likeness (QED) is 0.701. The summed E-state index contributed by atoms with van der Waals surface area (Å²) in [5.41, 5.74) is 1.58. The zero-order valence-corrected chi connectivity index (χ0v) is 12.7. The molecule has 110 valence electrons. The standard InChI is InChI=1S/C15H10BrN3O3/c16-11-3-1-2-10-12(11)17-14(20)13(10)19-18-9-6-4-8(5-7-9)15(21)22/h1-7,17,20H,(H,21,22)/p-1. The third-order valence-electron chi connectivity index (χ3n) is 3.10. The summed E-state index contributed by atoms with van der Waals surface area (Å²) in [6.07, 6.45) is 0. The van der Waals surface area contributed by atoms with Crippen molar-refractivity contribution < 1.29 is 15.0 Å². The maximum absolute atomic E-state index is 10.7. The molecule has 0 aliphatic carbocycles. The third-order valence-corrected chi connectivity index (χ3v) is 3.77. The second-order valence-corrected chi connectivity index (χ2v) is 5.37. The third kappa shape index (κ3) is 2.58. The molecular formula is C15H9BrN3O3-. The summed E-state index contributed by atoms with van der Waals surface area (Å²) in [7, 11) is 0. The van der Waals surface area contributed by atoms with Crippen LogP contribution in [0.25, 0.3) is 10.9 Å². The van der Waals surface area contributed by atoms with E-state index in [1.165, 1.54) is 24.3 Å². The summed E-state index contributed by atoms with van der Waals surface area (Å²) in [5, 5.41) is 29.4. The second kappa shape index (κ2) is 5.61. The summed E-state index contributed by atoms with van der Waals surface area (Å²) in [6.45, 7) is 0. The Bertz CT molecular complexity index is 885. The Hall–Kier alpha value is -2.67. The van der Waals surface area contributed by atoms with Gasteiger partial charge in [0.2, 0.25) is 5.88 Å². The molecule has 2 N–H and O–H groups in total. The monoisotopic (exact) mass is 358 g/mol. The average molecular weight is 359 g/mol. The molecule has 22 heavy (non-hydrogen) atoms. The smallest absolute Gasteiger partial charge is 0.218 e. The Balaban J connectivity index is 1.97. The van der Waals surface area contributed by atoms with Gasteiger partial charge in [-0.05, 0) is 39.7 Å². The number of aromatic carboxylic acids is 1. The average Bonchev–Trinajstić information content (AvgIpc) is 2.83. The highest BCUT2D eigenvalue weighted by atomic mass is 79.9. The minimum atomic E-state index is -1.25. The van der Waals surface area contributed by atoms with E-state index in [0.29, 0.717) is 11.4 Å². The lowest BCUT2D eigenvalue weighted by Gasteiger charge is -2.00. The molecule has 0 fully saturated rings.